The molecule has 0 aromatic heterocycles. The quantitative estimate of drug-likeness (QED) is 0.665. The van der Waals surface area contributed by atoms with Gasteiger partial charge in [-0.15, -0.1) is 0 Å². The molecule has 1 fully saturated rings. The maximum Gasteiger partial charge on any atom is 0.0192 e. The maximum absolute atomic E-state index is 3.61. The summed E-state index contributed by atoms with van der Waals surface area (Å²) in [6, 6.07) is 1.49. The van der Waals surface area contributed by atoms with E-state index in [0.717, 1.165) is 18.5 Å². The zero-order valence-corrected chi connectivity index (χ0v) is 13.0. The van der Waals surface area contributed by atoms with E-state index in [0.29, 0.717) is 6.04 Å². The highest BCUT2D eigenvalue weighted by molar-refractivity contribution is 4.80. The molecule has 1 N–H and O–H groups in total. The molecule has 3 unspecified atom stereocenters. The molecule has 3 atom stereocenters. The number of nitrogens with one attached hydrogen (secondary N) is 1. The fraction of sp³-hybridized carbons (Fsp3) is 1.00. The third-order valence-corrected chi connectivity index (χ3v) is 4.58. The lowest BCUT2D eigenvalue weighted by Crippen LogP contribution is -2.45. The molecule has 0 saturated heterocycles. The molecule has 0 amide bonds. The molecule has 18 heavy (non-hydrogen) atoms. The molecule has 0 spiro atoms. The summed E-state index contributed by atoms with van der Waals surface area (Å²) in [5.41, 5.74) is 0. The van der Waals surface area contributed by atoms with Crippen LogP contribution < -0.4 is 5.32 Å². The zero-order valence-electron chi connectivity index (χ0n) is 13.0. The van der Waals surface area contributed by atoms with Crippen LogP contribution in [0.5, 0.6) is 0 Å². The Balaban J connectivity index is 2.17. The van der Waals surface area contributed by atoms with Crippen molar-refractivity contribution in [2.24, 2.45) is 5.92 Å². The van der Waals surface area contributed by atoms with E-state index in [2.05, 4.69) is 38.0 Å². The summed E-state index contributed by atoms with van der Waals surface area (Å²) in [7, 11) is 2.32. The molecule has 1 aliphatic carbocycles. The summed E-state index contributed by atoms with van der Waals surface area (Å²) in [4.78, 5) is 2.61. The van der Waals surface area contributed by atoms with E-state index in [1.54, 1.807) is 0 Å². The standard InChI is InChI=1S/C16H34N2/c1-5-6-7-11-17-13-15(3)18(4)16-10-8-9-14(2)12-16/h14-17H,5-13H2,1-4H3. The van der Waals surface area contributed by atoms with Crippen LogP contribution in [-0.4, -0.2) is 37.1 Å². The first-order valence-corrected chi connectivity index (χ1v) is 8.07. The van der Waals surface area contributed by atoms with Crippen molar-refractivity contribution < 1.29 is 0 Å². The molecule has 2 nitrogen and oxygen atoms in total. The summed E-state index contributed by atoms with van der Waals surface area (Å²) < 4.78 is 0. The van der Waals surface area contributed by atoms with E-state index in [-0.39, 0.29) is 0 Å². The molecular weight excluding hydrogens is 220 g/mol. The minimum absolute atomic E-state index is 0.668. The Morgan fingerprint density at radius 1 is 1.28 bits per heavy atom. The van der Waals surface area contributed by atoms with E-state index < -0.39 is 0 Å². The molecule has 1 rings (SSSR count). The lowest BCUT2D eigenvalue weighted by atomic mass is 9.86. The van der Waals surface area contributed by atoms with Crippen molar-refractivity contribution in [2.45, 2.75) is 77.8 Å². The highest BCUT2D eigenvalue weighted by Crippen LogP contribution is 2.27. The van der Waals surface area contributed by atoms with Crippen LogP contribution in [0.4, 0.5) is 0 Å². The number of rotatable bonds is 8. The second kappa shape index (κ2) is 8.92. The van der Waals surface area contributed by atoms with Crippen LogP contribution in [-0.2, 0) is 0 Å². The Hall–Kier alpha value is -0.0800. The average Bonchev–Trinajstić information content (AvgIpc) is 2.37. The summed E-state index contributed by atoms with van der Waals surface area (Å²) >= 11 is 0. The van der Waals surface area contributed by atoms with Crippen LogP contribution >= 0.6 is 0 Å². The first kappa shape index (κ1) is 16.0. The number of unbranched alkanes of at least 4 members (excludes halogenated alkanes) is 2. The maximum atomic E-state index is 3.61. The highest BCUT2D eigenvalue weighted by Gasteiger charge is 2.24. The molecule has 0 radical (unpaired) electrons. The van der Waals surface area contributed by atoms with E-state index in [1.807, 2.05) is 0 Å². The van der Waals surface area contributed by atoms with Crippen LogP contribution in [0.25, 0.3) is 0 Å². The normalized spacial score (nSPS) is 26.5. The fourth-order valence-corrected chi connectivity index (χ4v) is 3.09. The van der Waals surface area contributed by atoms with E-state index in [4.69, 9.17) is 0 Å². The third kappa shape index (κ3) is 5.71. The lowest BCUT2D eigenvalue weighted by Gasteiger charge is -2.37. The first-order chi connectivity index (χ1) is 8.65. The van der Waals surface area contributed by atoms with E-state index in [9.17, 15) is 0 Å². The summed E-state index contributed by atoms with van der Waals surface area (Å²) in [6.45, 7) is 9.37. The van der Waals surface area contributed by atoms with Gasteiger partial charge in [0.15, 0.2) is 0 Å². The molecule has 0 aliphatic heterocycles. The van der Waals surface area contributed by atoms with Crippen molar-refractivity contribution >= 4 is 0 Å². The van der Waals surface area contributed by atoms with E-state index in [1.165, 1.54) is 51.5 Å². The van der Waals surface area contributed by atoms with Gasteiger partial charge in [-0.2, -0.15) is 0 Å². The molecule has 0 aromatic carbocycles. The Morgan fingerprint density at radius 3 is 2.72 bits per heavy atom. The second-order valence-corrected chi connectivity index (χ2v) is 6.35. The van der Waals surface area contributed by atoms with Gasteiger partial charge in [-0.1, -0.05) is 39.5 Å². The molecule has 1 saturated carbocycles. The molecule has 0 heterocycles. The Labute approximate surface area is 115 Å². The van der Waals surface area contributed by atoms with Gasteiger partial charge >= 0.3 is 0 Å². The van der Waals surface area contributed by atoms with Gasteiger partial charge in [0.1, 0.15) is 0 Å². The van der Waals surface area contributed by atoms with Crippen LogP contribution in [0.1, 0.15) is 65.7 Å². The van der Waals surface area contributed by atoms with Crippen LogP contribution in [0.2, 0.25) is 0 Å². The first-order valence-electron chi connectivity index (χ1n) is 8.07. The van der Waals surface area contributed by atoms with Crippen LogP contribution in [0.15, 0.2) is 0 Å². The number of hydrogen-bond acceptors (Lipinski definition) is 2. The fourth-order valence-electron chi connectivity index (χ4n) is 3.09. The SMILES string of the molecule is CCCCCNCC(C)N(C)C1CCCC(C)C1. The topological polar surface area (TPSA) is 15.3 Å². The lowest BCUT2D eigenvalue weighted by molar-refractivity contribution is 0.124. The van der Waals surface area contributed by atoms with Crippen molar-refractivity contribution in [3.8, 4) is 0 Å². The molecule has 1 aliphatic rings. The van der Waals surface area contributed by atoms with Crippen molar-refractivity contribution in [3.63, 3.8) is 0 Å². The number of hydrogen-bond donors (Lipinski definition) is 1. The molecule has 2 heteroatoms. The monoisotopic (exact) mass is 254 g/mol. The molecule has 108 valence electrons. The van der Waals surface area contributed by atoms with Gasteiger partial charge < -0.3 is 5.32 Å². The predicted octanol–water partition coefficient (Wildman–Crippen LogP) is 3.67. The minimum Gasteiger partial charge on any atom is -0.315 e. The number of likely N-dealkylation sites (N-methyl/N-ethyl adjacent to an activating group) is 1. The summed E-state index contributed by atoms with van der Waals surface area (Å²) in [5.74, 6) is 0.927. The smallest absolute Gasteiger partial charge is 0.0192 e. The van der Waals surface area contributed by atoms with Gasteiger partial charge in [-0.25, -0.2) is 0 Å². The third-order valence-electron chi connectivity index (χ3n) is 4.58. The van der Waals surface area contributed by atoms with Crippen molar-refractivity contribution in [3.05, 3.63) is 0 Å². The molecule has 0 bridgehead atoms. The molecule has 0 aromatic rings. The second-order valence-electron chi connectivity index (χ2n) is 6.35. The Kier molecular flexibility index (Phi) is 7.92. The average molecular weight is 254 g/mol. The molecular formula is C16H34N2. The zero-order chi connectivity index (χ0) is 13.4. The largest absolute Gasteiger partial charge is 0.315 e. The predicted molar refractivity (Wildman–Crippen MR) is 81.0 cm³/mol. The van der Waals surface area contributed by atoms with Crippen molar-refractivity contribution in [2.75, 3.05) is 20.1 Å². The number of nitrogens with zero attached hydrogens (tertiary/aromatic N) is 1. The van der Waals surface area contributed by atoms with Gasteiger partial charge in [-0.3, -0.25) is 4.90 Å². The van der Waals surface area contributed by atoms with Crippen LogP contribution in [0.3, 0.4) is 0 Å². The van der Waals surface area contributed by atoms with Gasteiger partial charge in [0.05, 0.1) is 0 Å². The van der Waals surface area contributed by atoms with E-state index >= 15 is 0 Å². The van der Waals surface area contributed by atoms with Gasteiger partial charge in [0.25, 0.3) is 0 Å². The summed E-state index contributed by atoms with van der Waals surface area (Å²) in [5, 5.41) is 3.61. The minimum atomic E-state index is 0.668. The Bertz CT molecular complexity index is 205. The van der Waals surface area contributed by atoms with Gasteiger partial charge in [0, 0.05) is 18.6 Å². The summed E-state index contributed by atoms with van der Waals surface area (Å²) in [6.07, 6.45) is 9.67. The Morgan fingerprint density at radius 2 is 2.06 bits per heavy atom. The van der Waals surface area contributed by atoms with Crippen LogP contribution in [0, 0.1) is 5.92 Å². The van der Waals surface area contributed by atoms with Gasteiger partial charge in [0.2, 0.25) is 0 Å². The van der Waals surface area contributed by atoms with Gasteiger partial charge in [-0.05, 0) is 45.7 Å². The highest BCUT2D eigenvalue weighted by atomic mass is 15.2. The van der Waals surface area contributed by atoms with Crippen molar-refractivity contribution in [1.82, 2.24) is 10.2 Å². The van der Waals surface area contributed by atoms with Crippen molar-refractivity contribution in [1.29, 1.82) is 0 Å².